The molecule has 0 aliphatic carbocycles. The lowest BCUT2D eigenvalue weighted by Crippen LogP contribution is -2.62. The van der Waals surface area contributed by atoms with Crippen molar-refractivity contribution in [3.05, 3.63) is 64.4 Å². The van der Waals surface area contributed by atoms with E-state index < -0.39 is 0 Å². The molecular formula is C25H29BrN6O. The molecule has 33 heavy (non-hydrogen) atoms. The summed E-state index contributed by atoms with van der Waals surface area (Å²) in [6.45, 7) is 8.08. The van der Waals surface area contributed by atoms with Gasteiger partial charge in [0, 0.05) is 36.0 Å². The van der Waals surface area contributed by atoms with E-state index in [2.05, 4.69) is 68.4 Å². The number of carbonyl (C=O) groups is 1. The normalized spacial score (nSPS) is 22.0. The average molecular weight is 509 g/mol. The molecule has 172 valence electrons. The molecule has 1 unspecified atom stereocenters. The summed E-state index contributed by atoms with van der Waals surface area (Å²) in [4.78, 5) is 27.8. The highest BCUT2D eigenvalue weighted by Crippen LogP contribution is 2.25. The molecule has 1 amide bonds. The number of nitrogens with zero attached hydrogens (tertiary/aromatic N) is 4. The lowest BCUT2D eigenvalue weighted by atomic mass is 10.0. The van der Waals surface area contributed by atoms with Crippen molar-refractivity contribution in [3.63, 3.8) is 0 Å². The van der Waals surface area contributed by atoms with Crippen LogP contribution in [0.2, 0.25) is 0 Å². The average Bonchev–Trinajstić information content (AvgIpc) is 2.78. The van der Waals surface area contributed by atoms with Crippen molar-refractivity contribution in [3.8, 4) is 0 Å². The van der Waals surface area contributed by atoms with Gasteiger partial charge in [0.1, 0.15) is 17.7 Å². The van der Waals surface area contributed by atoms with E-state index >= 15 is 0 Å². The van der Waals surface area contributed by atoms with Crippen molar-refractivity contribution in [2.24, 2.45) is 5.92 Å². The Labute approximate surface area is 202 Å². The number of hydrogen-bond donors (Lipinski definition) is 2. The van der Waals surface area contributed by atoms with E-state index in [1.165, 1.54) is 5.56 Å². The predicted molar refractivity (Wildman–Crippen MR) is 134 cm³/mol. The Morgan fingerprint density at radius 2 is 1.94 bits per heavy atom. The van der Waals surface area contributed by atoms with Gasteiger partial charge in [-0.3, -0.25) is 14.6 Å². The quantitative estimate of drug-likeness (QED) is 0.562. The molecule has 2 aromatic carbocycles. The minimum absolute atomic E-state index is 0.00967. The number of hydrogen-bond acceptors (Lipinski definition) is 6. The second-order valence-electron chi connectivity index (χ2n) is 9.23. The summed E-state index contributed by atoms with van der Waals surface area (Å²) in [5.74, 6) is 1.63. The largest absolute Gasteiger partial charge is 0.358 e. The fourth-order valence-corrected chi connectivity index (χ4v) is 5.11. The standard InChI is InChI=1S/C25H29BrN6O/c1-16(2)23-25(33)29-22-15-31(13-17-6-5-7-18(26)12-17)10-11-32(22)14-21-27-20-9-4-3-8-19(20)24(28-21)30-23/h3-9,12,16,22-23H,10-11,13-15H2,1-2H3,(H,29,33)(H,27,28,30)/t22?,23-/m0/s1. The maximum absolute atomic E-state index is 13.4. The number of carbonyl (C=O) groups excluding carboxylic acids is 1. The maximum atomic E-state index is 13.4. The van der Waals surface area contributed by atoms with Crippen LogP contribution in [0.3, 0.4) is 0 Å². The molecule has 2 N–H and O–H groups in total. The minimum Gasteiger partial charge on any atom is -0.358 e. The Hall–Kier alpha value is -2.55. The number of fused-ring (bicyclic) bond motifs is 5. The Morgan fingerprint density at radius 3 is 2.76 bits per heavy atom. The van der Waals surface area contributed by atoms with E-state index in [9.17, 15) is 4.79 Å². The van der Waals surface area contributed by atoms with Gasteiger partial charge >= 0.3 is 0 Å². The van der Waals surface area contributed by atoms with Gasteiger partial charge in [0.25, 0.3) is 0 Å². The fraction of sp³-hybridized carbons (Fsp3) is 0.400. The van der Waals surface area contributed by atoms with Crippen LogP contribution in [0, 0.1) is 5.92 Å². The van der Waals surface area contributed by atoms with E-state index in [0.717, 1.165) is 53.2 Å². The number of piperazine rings is 1. The summed E-state index contributed by atoms with van der Waals surface area (Å²) in [5, 5.41) is 7.70. The highest BCUT2D eigenvalue weighted by molar-refractivity contribution is 9.10. The molecule has 3 aromatic rings. The molecule has 1 fully saturated rings. The molecule has 2 aliphatic rings. The monoisotopic (exact) mass is 508 g/mol. The molecule has 0 radical (unpaired) electrons. The minimum atomic E-state index is -0.378. The molecule has 8 heteroatoms. The van der Waals surface area contributed by atoms with Crippen molar-refractivity contribution in [1.82, 2.24) is 25.1 Å². The molecular weight excluding hydrogens is 480 g/mol. The predicted octanol–water partition coefficient (Wildman–Crippen LogP) is 3.60. The molecule has 0 spiro atoms. The second-order valence-corrected chi connectivity index (χ2v) is 10.1. The smallest absolute Gasteiger partial charge is 0.244 e. The van der Waals surface area contributed by atoms with Crippen LogP contribution in [0.4, 0.5) is 5.82 Å². The van der Waals surface area contributed by atoms with Gasteiger partial charge in [-0.25, -0.2) is 9.97 Å². The molecule has 2 bridgehead atoms. The van der Waals surface area contributed by atoms with Gasteiger partial charge in [0.15, 0.2) is 0 Å². The third-order valence-corrected chi connectivity index (χ3v) is 6.91. The van der Waals surface area contributed by atoms with Crippen LogP contribution in [0.1, 0.15) is 25.2 Å². The Balaban J connectivity index is 1.45. The molecule has 3 heterocycles. The number of rotatable bonds is 3. The summed E-state index contributed by atoms with van der Waals surface area (Å²) >= 11 is 3.57. The van der Waals surface area contributed by atoms with Crippen LogP contribution in [-0.4, -0.2) is 57.5 Å². The molecule has 2 atom stereocenters. The lowest BCUT2D eigenvalue weighted by molar-refractivity contribution is -0.125. The Kier molecular flexibility index (Phi) is 6.32. The molecule has 5 rings (SSSR count). The fourth-order valence-electron chi connectivity index (χ4n) is 4.66. The zero-order valence-corrected chi connectivity index (χ0v) is 20.5. The first-order valence-electron chi connectivity index (χ1n) is 11.5. The Bertz CT molecular complexity index is 1170. The van der Waals surface area contributed by atoms with E-state index in [1.54, 1.807) is 0 Å². The highest BCUT2D eigenvalue weighted by atomic mass is 79.9. The van der Waals surface area contributed by atoms with Crippen LogP contribution >= 0.6 is 15.9 Å². The zero-order valence-electron chi connectivity index (χ0n) is 19.0. The first kappa shape index (κ1) is 22.3. The van der Waals surface area contributed by atoms with Crippen molar-refractivity contribution in [1.29, 1.82) is 0 Å². The van der Waals surface area contributed by atoms with Crippen LogP contribution in [0.25, 0.3) is 10.9 Å². The van der Waals surface area contributed by atoms with Gasteiger partial charge in [0.2, 0.25) is 5.91 Å². The van der Waals surface area contributed by atoms with Crippen LogP contribution < -0.4 is 10.6 Å². The van der Waals surface area contributed by atoms with Crippen LogP contribution in [0.15, 0.2) is 53.0 Å². The number of benzene rings is 2. The SMILES string of the molecule is CC(C)[C@@H]1Nc2nc(nc3ccccc23)CN2CCN(Cc3cccc(Br)c3)CC2NC1=O. The summed E-state index contributed by atoms with van der Waals surface area (Å²) in [6.07, 6.45) is -0.0990. The number of amides is 1. The Morgan fingerprint density at radius 1 is 1.09 bits per heavy atom. The summed E-state index contributed by atoms with van der Waals surface area (Å²) < 4.78 is 1.08. The summed E-state index contributed by atoms with van der Waals surface area (Å²) in [6, 6.07) is 16.0. The molecule has 7 nitrogen and oxygen atoms in total. The highest BCUT2D eigenvalue weighted by Gasteiger charge is 2.33. The van der Waals surface area contributed by atoms with E-state index in [-0.39, 0.29) is 24.0 Å². The zero-order chi connectivity index (χ0) is 22.9. The van der Waals surface area contributed by atoms with E-state index in [1.807, 2.05) is 30.3 Å². The van der Waals surface area contributed by atoms with E-state index in [4.69, 9.17) is 9.97 Å². The third-order valence-electron chi connectivity index (χ3n) is 6.41. The number of halogens is 1. The summed E-state index contributed by atoms with van der Waals surface area (Å²) in [5.41, 5.74) is 2.16. The number of nitrogens with one attached hydrogen (secondary N) is 2. The van der Waals surface area contributed by atoms with Gasteiger partial charge in [-0.2, -0.15) is 0 Å². The second kappa shape index (κ2) is 9.37. The van der Waals surface area contributed by atoms with Gasteiger partial charge in [0.05, 0.1) is 18.2 Å². The lowest BCUT2D eigenvalue weighted by Gasteiger charge is -2.42. The molecule has 2 aliphatic heterocycles. The number of anilines is 1. The van der Waals surface area contributed by atoms with Crippen molar-refractivity contribution in [2.45, 2.75) is 39.1 Å². The van der Waals surface area contributed by atoms with E-state index in [0.29, 0.717) is 6.54 Å². The van der Waals surface area contributed by atoms with Gasteiger partial charge < -0.3 is 10.6 Å². The van der Waals surface area contributed by atoms with Crippen molar-refractivity contribution < 1.29 is 4.79 Å². The third kappa shape index (κ3) is 4.88. The van der Waals surface area contributed by atoms with Crippen LogP contribution in [0.5, 0.6) is 0 Å². The summed E-state index contributed by atoms with van der Waals surface area (Å²) in [7, 11) is 0. The maximum Gasteiger partial charge on any atom is 0.244 e. The van der Waals surface area contributed by atoms with Gasteiger partial charge in [-0.15, -0.1) is 0 Å². The first-order valence-corrected chi connectivity index (χ1v) is 12.3. The molecule has 1 aromatic heterocycles. The number of aromatic nitrogens is 2. The van der Waals surface area contributed by atoms with Crippen molar-refractivity contribution in [2.75, 3.05) is 25.0 Å². The van der Waals surface area contributed by atoms with Crippen molar-refractivity contribution >= 4 is 38.6 Å². The molecule has 0 saturated carbocycles. The number of para-hydroxylation sites is 1. The van der Waals surface area contributed by atoms with Gasteiger partial charge in [-0.05, 0) is 35.7 Å². The van der Waals surface area contributed by atoms with Gasteiger partial charge in [-0.1, -0.05) is 54.0 Å². The first-order chi connectivity index (χ1) is 16.0. The topological polar surface area (TPSA) is 73.4 Å². The molecule has 1 saturated heterocycles. The van der Waals surface area contributed by atoms with Crippen LogP contribution in [-0.2, 0) is 17.9 Å².